The van der Waals surface area contributed by atoms with E-state index in [1.807, 2.05) is 24.3 Å². The number of ether oxygens (including phenoxy) is 1. The van der Waals surface area contributed by atoms with Crippen LogP contribution < -0.4 is 9.64 Å². The average molecular weight is 298 g/mol. The van der Waals surface area contributed by atoms with E-state index in [9.17, 15) is 4.79 Å². The Balaban J connectivity index is 2.15. The van der Waals surface area contributed by atoms with Gasteiger partial charge in [0.15, 0.2) is 0 Å². The summed E-state index contributed by atoms with van der Waals surface area (Å²) >= 11 is 3.43. The maximum absolute atomic E-state index is 11.1. The molecule has 1 atom stereocenters. The molecule has 0 radical (unpaired) electrons. The highest BCUT2D eigenvalue weighted by Crippen LogP contribution is 2.33. The number of carbonyl (C=O) groups excluding carboxylic acids is 1. The Bertz CT molecular complexity index is 383. The second-order valence-corrected chi connectivity index (χ2v) is 4.86. The highest BCUT2D eigenvalue weighted by Gasteiger charge is 2.26. The quantitative estimate of drug-likeness (QED) is 0.475. The van der Waals surface area contributed by atoms with Gasteiger partial charge in [-0.1, -0.05) is 28.1 Å². The number of benzene rings is 1. The van der Waals surface area contributed by atoms with Crippen LogP contribution in [0.1, 0.15) is 12.8 Å². The molecule has 1 aliphatic rings. The van der Waals surface area contributed by atoms with Crippen LogP contribution in [0.4, 0.5) is 5.69 Å². The molecule has 0 aliphatic carbocycles. The molecule has 1 aliphatic heterocycles. The highest BCUT2D eigenvalue weighted by molar-refractivity contribution is 9.09. The molecule has 4 heteroatoms. The summed E-state index contributed by atoms with van der Waals surface area (Å²) in [5.74, 6) is 0.879. The van der Waals surface area contributed by atoms with E-state index in [1.165, 1.54) is 0 Å². The number of para-hydroxylation sites is 2. The fraction of sp³-hybridized carbons (Fsp3) is 0.462. The first-order chi connectivity index (χ1) is 8.36. The molecule has 0 saturated heterocycles. The van der Waals surface area contributed by atoms with Gasteiger partial charge in [-0.15, -0.1) is 0 Å². The first-order valence-corrected chi connectivity index (χ1v) is 6.98. The molecule has 0 fully saturated rings. The van der Waals surface area contributed by atoms with Crippen molar-refractivity contribution < 1.29 is 9.53 Å². The van der Waals surface area contributed by atoms with Crippen molar-refractivity contribution in [2.45, 2.75) is 18.9 Å². The summed E-state index contributed by atoms with van der Waals surface area (Å²) in [5, 5.41) is 1.00. The summed E-state index contributed by atoms with van der Waals surface area (Å²) in [7, 11) is 0. The molecule has 2 rings (SSSR count). The first-order valence-electron chi connectivity index (χ1n) is 5.86. The highest BCUT2D eigenvalue weighted by atomic mass is 79.9. The van der Waals surface area contributed by atoms with Gasteiger partial charge in [-0.3, -0.25) is 0 Å². The zero-order valence-electron chi connectivity index (χ0n) is 9.64. The van der Waals surface area contributed by atoms with Crippen molar-refractivity contribution in [2.75, 3.05) is 23.4 Å². The molecule has 0 amide bonds. The molecule has 17 heavy (non-hydrogen) atoms. The SMILES string of the molecule is O=CC1COc2ccccc2N1CCCCBr. The fourth-order valence-corrected chi connectivity index (χ4v) is 2.43. The fourth-order valence-electron chi connectivity index (χ4n) is 2.04. The maximum atomic E-state index is 11.1. The summed E-state index contributed by atoms with van der Waals surface area (Å²) in [4.78, 5) is 13.2. The van der Waals surface area contributed by atoms with Crippen molar-refractivity contribution >= 4 is 27.9 Å². The van der Waals surface area contributed by atoms with E-state index in [1.54, 1.807) is 0 Å². The lowest BCUT2D eigenvalue weighted by atomic mass is 10.1. The van der Waals surface area contributed by atoms with Crippen molar-refractivity contribution in [1.29, 1.82) is 0 Å². The monoisotopic (exact) mass is 297 g/mol. The van der Waals surface area contributed by atoms with Crippen LogP contribution in [0.5, 0.6) is 5.75 Å². The molecule has 0 N–H and O–H groups in total. The predicted octanol–water partition coefficient (Wildman–Crippen LogP) is 2.63. The minimum absolute atomic E-state index is 0.153. The summed E-state index contributed by atoms with van der Waals surface area (Å²) in [6.45, 7) is 1.35. The number of alkyl halides is 1. The van der Waals surface area contributed by atoms with Crippen molar-refractivity contribution in [3.8, 4) is 5.75 Å². The van der Waals surface area contributed by atoms with Gasteiger partial charge in [0.05, 0.1) is 5.69 Å². The second kappa shape index (κ2) is 6.05. The molecule has 0 aromatic heterocycles. The summed E-state index contributed by atoms with van der Waals surface area (Å²) in [6, 6.07) is 7.75. The van der Waals surface area contributed by atoms with Gasteiger partial charge in [0.1, 0.15) is 24.7 Å². The second-order valence-electron chi connectivity index (χ2n) is 4.07. The third-order valence-electron chi connectivity index (χ3n) is 2.92. The number of unbranched alkanes of at least 4 members (excludes halogenated alkanes) is 1. The number of rotatable bonds is 5. The molecule has 0 saturated carbocycles. The number of aldehydes is 1. The first kappa shape index (κ1) is 12.4. The largest absolute Gasteiger partial charge is 0.489 e. The minimum Gasteiger partial charge on any atom is -0.489 e. The number of carbonyl (C=O) groups is 1. The summed E-state index contributed by atoms with van der Waals surface area (Å²) in [5.41, 5.74) is 1.03. The van der Waals surface area contributed by atoms with E-state index >= 15 is 0 Å². The van der Waals surface area contributed by atoms with Crippen molar-refractivity contribution in [2.24, 2.45) is 0 Å². The lowest BCUT2D eigenvalue weighted by Gasteiger charge is -2.35. The van der Waals surface area contributed by atoms with Crippen LogP contribution in [0, 0.1) is 0 Å². The number of anilines is 1. The molecule has 0 bridgehead atoms. The molecular formula is C13H16BrNO2. The smallest absolute Gasteiger partial charge is 0.145 e. The zero-order valence-corrected chi connectivity index (χ0v) is 11.2. The van der Waals surface area contributed by atoms with Crippen LogP contribution in [-0.2, 0) is 4.79 Å². The van der Waals surface area contributed by atoms with Gasteiger partial charge in [0.2, 0.25) is 0 Å². The molecule has 1 aromatic carbocycles. The van der Waals surface area contributed by atoms with Crippen LogP contribution in [0.2, 0.25) is 0 Å². The van der Waals surface area contributed by atoms with Gasteiger partial charge in [0, 0.05) is 11.9 Å². The van der Waals surface area contributed by atoms with E-state index in [-0.39, 0.29) is 6.04 Å². The van der Waals surface area contributed by atoms with Crippen LogP contribution in [0.25, 0.3) is 0 Å². The maximum Gasteiger partial charge on any atom is 0.145 e. The van der Waals surface area contributed by atoms with Crippen LogP contribution in [-0.4, -0.2) is 30.8 Å². The lowest BCUT2D eigenvalue weighted by Crippen LogP contribution is -2.44. The Morgan fingerprint density at radius 1 is 1.41 bits per heavy atom. The number of hydrogen-bond donors (Lipinski definition) is 0. The Hall–Kier alpha value is -1.03. The van der Waals surface area contributed by atoms with Gasteiger partial charge in [-0.2, -0.15) is 0 Å². The topological polar surface area (TPSA) is 29.5 Å². The van der Waals surface area contributed by atoms with E-state index < -0.39 is 0 Å². The van der Waals surface area contributed by atoms with Crippen LogP contribution in [0.3, 0.4) is 0 Å². The van der Waals surface area contributed by atoms with Crippen molar-refractivity contribution in [3.05, 3.63) is 24.3 Å². The predicted molar refractivity (Wildman–Crippen MR) is 72.2 cm³/mol. The van der Waals surface area contributed by atoms with Gasteiger partial charge < -0.3 is 14.4 Å². The van der Waals surface area contributed by atoms with Gasteiger partial charge in [-0.05, 0) is 25.0 Å². The standard InChI is InChI=1S/C13H16BrNO2/c14-7-3-4-8-15-11(9-16)10-17-13-6-2-1-5-12(13)15/h1-2,5-6,9,11H,3-4,7-8,10H2. The third-order valence-corrected chi connectivity index (χ3v) is 3.49. The molecule has 1 unspecified atom stereocenters. The number of fused-ring (bicyclic) bond motifs is 1. The zero-order chi connectivity index (χ0) is 12.1. The van der Waals surface area contributed by atoms with E-state index in [4.69, 9.17) is 4.74 Å². The van der Waals surface area contributed by atoms with Crippen LogP contribution >= 0.6 is 15.9 Å². The van der Waals surface area contributed by atoms with E-state index in [0.29, 0.717) is 6.61 Å². The molecule has 3 nitrogen and oxygen atoms in total. The summed E-state index contributed by atoms with van der Waals surface area (Å²) < 4.78 is 5.58. The molecule has 1 aromatic rings. The molecule has 1 heterocycles. The minimum atomic E-state index is -0.153. The van der Waals surface area contributed by atoms with E-state index in [0.717, 1.165) is 42.4 Å². The Morgan fingerprint density at radius 3 is 3.00 bits per heavy atom. The average Bonchev–Trinajstić information content (AvgIpc) is 2.39. The third kappa shape index (κ3) is 2.80. The van der Waals surface area contributed by atoms with Crippen molar-refractivity contribution in [3.63, 3.8) is 0 Å². The van der Waals surface area contributed by atoms with E-state index in [2.05, 4.69) is 20.8 Å². The summed E-state index contributed by atoms with van der Waals surface area (Å²) in [6.07, 6.45) is 3.17. The number of hydrogen-bond acceptors (Lipinski definition) is 3. The Kier molecular flexibility index (Phi) is 4.42. The molecule has 92 valence electrons. The normalized spacial score (nSPS) is 18.4. The van der Waals surface area contributed by atoms with Crippen molar-refractivity contribution in [1.82, 2.24) is 0 Å². The van der Waals surface area contributed by atoms with Gasteiger partial charge in [-0.25, -0.2) is 0 Å². The number of halogens is 1. The Labute approximate surface area is 110 Å². The Morgan fingerprint density at radius 2 is 2.24 bits per heavy atom. The van der Waals surface area contributed by atoms with Gasteiger partial charge in [0.25, 0.3) is 0 Å². The van der Waals surface area contributed by atoms with Gasteiger partial charge >= 0.3 is 0 Å². The lowest BCUT2D eigenvalue weighted by molar-refractivity contribution is -0.109. The molecule has 0 spiro atoms. The number of nitrogens with zero attached hydrogens (tertiary/aromatic N) is 1. The molecular weight excluding hydrogens is 282 g/mol. The van der Waals surface area contributed by atoms with Crippen LogP contribution in [0.15, 0.2) is 24.3 Å².